The third kappa shape index (κ3) is 4.06. The van der Waals surface area contributed by atoms with Crippen LogP contribution in [0.25, 0.3) is 5.82 Å². The van der Waals surface area contributed by atoms with Gasteiger partial charge < -0.3 is 14.4 Å². The third-order valence-electron chi connectivity index (χ3n) is 5.26. The summed E-state index contributed by atoms with van der Waals surface area (Å²) in [6, 6.07) is 6.59. The molecule has 3 aromatic rings. The van der Waals surface area contributed by atoms with Crippen molar-refractivity contribution in [3.8, 4) is 17.3 Å². The molecule has 1 fully saturated rings. The summed E-state index contributed by atoms with van der Waals surface area (Å²) in [5.41, 5.74) is 0. The summed E-state index contributed by atoms with van der Waals surface area (Å²) in [5, 5.41) is 0. The third-order valence-corrected chi connectivity index (χ3v) is 7.20. The number of rotatable bonds is 6. The molecule has 11 heteroatoms. The van der Waals surface area contributed by atoms with Crippen molar-refractivity contribution >= 4 is 15.8 Å². The maximum Gasteiger partial charge on any atom is 0.246 e. The van der Waals surface area contributed by atoms with Crippen LogP contribution in [-0.2, 0) is 10.0 Å². The minimum absolute atomic E-state index is 0.129. The smallest absolute Gasteiger partial charge is 0.246 e. The lowest BCUT2D eigenvalue weighted by atomic mass is 10.3. The fourth-order valence-electron chi connectivity index (χ4n) is 3.55. The van der Waals surface area contributed by atoms with Crippen LogP contribution in [-0.4, -0.2) is 72.6 Å². The van der Waals surface area contributed by atoms with Crippen molar-refractivity contribution in [1.82, 2.24) is 23.8 Å². The molecular formula is C20H24N6O4S. The van der Waals surface area contributed by atoms with E-state index in [1.807, 2.05) is 23.8 Å². The number of nitrogens with zero attached hydrogens (tertiary/aromatic N) is 6. The van der Waals surface area contributed by atoms with Gasteiger partial charge in [-0.3, -0.25) is 4.57 Å². The summed E-state index contributed by atoms with van der Waals surface area (Å²) >= 11 is 0. The van der Waals surface area contributed by atoms with Crippen LogP contribution in [0, 0.1) is 6.92 Å². The summed E-state index contributed by atoms with van der Waals surface area (Å²) in [6.45, 7) is 3.59. The molecule has 10 nitrogen and oxygen atoms in total. The highest BCUT2D eigenvalue weighted by Crippen LogP contribution is 2.31. The van der Waals surface area contributed by atoms with Crippen molar-refractivity contribution in [2.75, 3.05) is 45.3 Å². The molecule has 0 aliphatic carbocycles. The van der Waals surface area contributed by atoms with Gasteiger partial charge in [0.05, 0.1) is 14.2 Å². The summed E-state index contributed by atoms with van der Waals surface area (Å²) < 4.78 is 40.2. The van der Waals surface area contributed by atoms with Gasteiger partial charge in [-0.05, 0) is 19.1 Å². The SMILES string of the molecule is COc1ccc(S(=O)(=O)N2CCN(c3cc(-n4ccnc4C)ncn3)CC2)c(OC)c1. The molecule has 0 atom stereocenters. The number of hydrogen-bond acceptors (Lipinski definition) is 8. The van der Waals surface area contributed by atoms with Crippen LogP contribution in [0.3, 0.4) is 0 Å². The zero-order valence-electron chi connectivity index (χ0n) is 17.6. The summed E-state index contributed by atoms with van der Waals surface area (Å²) in [4.78, 5) is 15.1. The van der Waals surface area contributed by atoms with Crippen LogP contribution in [0.15, 0.2) is 47.9 Å². The van der Waals surface area contributed by atoms with E-state index in [2.05, 4.69) is 19.9 Å². The largest absolute Gasteiger partial charge is 0.497 e. The monoisotopic (exact) mass is 444 g/mol. The minimum atomic E-state index is -3.70. The van der Waals surface area contributed by atoms with Gasteiger partial charge in [0.15, 0.2) is 0 Å². The number of ether oxygens (including phenoxy) is 2. The van der Waals surface area contributed by atoms with Crippen molar-refractivity contribution in [3.05, 3.63) is 48.8 Å². The Morgan fingerprint density at radius 2 is 1.68 bits per heavy atom. The van der Waals surface area contributed by atoms with Crippen LogP contribution in [0.1, 0.15) is 5.82 Å². The molecule has 0 bridgehead atoms. The van der Waals surface area contributed by atoms with Gasteiger partial charge >= 0.3 is 0 Å². The van der Waals surface area contributed by atoms with E-state index in [0.29, 0.717) is 31.9 Å². The van der Waals surface area contributed by atoms with Gasteiger partial charge in [-0.1, -0.05) is 0 Å². The average molecular weight is 445 g/mol. The van der Waals surface area contributed by atoms with Crippen molar-refractivity contribution in [2.45, 2.75) is 11.8 Å². The summed E-state index contributed by atoms with van der Waals surface area (Å²) in [7, 11) is -0.736. The molecule has 1 aliphatic rings. The van der Waals surface area contributed by atoms with Crippen molar-refractivity contribution in [2.24, 2.45) is 0 Å². The number of imidazole rings is 1. The highest BCUT2D eigenvalue weighted by Gasteiger charge is 2.31. The molecule has 3 heterocycles. The lowest BCUT2D eigenvalue weighted by Crippen LogP contribution is -2.49. The second-order valence-electron chi connectivity index (χ2n) is 6.99. The zero-order chi connectivity index (χ0) is 22.0. The standard InChI is InChI=1S/C20H24N6O4S/c1-15-21-6-7-26(15)20-13-19(22-14-23-20)24-8-10-25(11-9-24)31(27,28)18-5-4-16(29-2)12-17(18)30-3/h4-7,12-14H,8-11H2,1-3H3. The fourth-order valence-corrected chi connectivity index (χ4v) is 5.11. The molecule has 1 saturated heterocycles. The Morgan fingerprint density at radius 3 is 2.32 bits per heavy atom. The first-order chi connectivity index (χ1) is 14.9. The Balaban J connectivity index is 1.51. The van der Waals surface area contributed by atoms with E-state index in [0.717, 1.165) is 17.5 Å². The predicted octanol–water partition coefficient (Wildman–Crippen LogP) is 1.50. The molecule has 0 radical (unpaired) electrons. The number of anilines is 1. The van der Waals surface area contributed by atoms with E-state index in [1.165, 1.54) is 30.9 Å². The Morgan fingerprint density at radius 1 is 0.935 bits per heavy atom. The number of hydrogen-bond donors (Lipinski definition) is 0. The average Bonchev–Trinajstić information content (AvgIpc) is 3.24. The summed E-state index contributed by atoms with van der Waals surface area (Å²) in [5.74, 6) is 3.09. The molecule has 1 aliphatic heterocycles. The molecule has 0 spiro atoms. The van der Waals surface area contributed by atoms with Crippen LogP contribution >= 0.6 is 0 Å². The second-order valence-corrected chi connectivity index (χ2v) is 8.89. The number of benzene rings is 1. The maximum absolute atomic E-state index is 13.2. The number of sulfonamides is 1. The lowest BCUT2D eigenvalue weighted by Gasteiger charge is -2.34. The molecule has 164 valence electrons. The van der Waals surface area contributed by atoms with E-state index in [-0.39, 0.29) is 10.6 Å². The van der Waals surface area contributed by atoms with Crippen molar-refractivity contribution in [1.29, 1.82) is 0 Å². The van der Waals surface area contributed by atoms with Gasteiger partial charge in [0, 0.05) is 50.7 Å². The Bertz CT molecular complexity index is 1170. The van der Waals surface area contributed by atoms with Gasteiger partial charge in [0.25, 0.3) is 0 Å². The first-order valence-electron chi connectivity index (χ1n) is 9.73. The summed E-state index contributed by atoms with van der Waals surface area (Å²) in [6.07, 6.45) is 5.07. The second kappa shape index (κ2) is 8.52. The molecule has 4 rings (SSSR count). The molecule has 0 N–H and O–H groups in total. The molecule has 0 amide bonds. The van der Waals surface area contributed by atoms with Crippen LogP contribution in [0.2, 0.25) is 0 Å². The molecule has 2 aromatic heterocycles. The lowest BCUT2D eigenvalue weighted by molar-refractivity contribution is 0.369. The van der Waals surface area contributed by atoms with Gasteiger partial charge in [-0.2, -0.15) is 4.31 Å². The Kier molecular flexibility index (Phi) is 5.79. The molecule has 0 unspecified atom stereocenters. The number of aryl methyl sites for hydroxylation is 1. The van der Waals surface area contributed by atoms with Crippen molar-refractivity contribution in [3.63, 3.8) is 0 Å². The van der Waals surface area contributed by atoms with Gasteiger partial charge in [0.2, 0.25) is 10.0 Å². The Labute approximate surface area is 181 Å². The van der Waals surface area contributed by atoms with Crippen LogP contribution in [0.5, 0.6) is 11.5 Å². The Hall–Kier alpha value is -3.18. The zero-order valence-corrected chi connectivity index (χ0v) is 18.4. The van der Waals surface area contributed by atoms with Crippen LogP contribution < -0.4 is 14.4 Å². The first kappa shape index (κ1) is 21.1. The predicted molar refractivity (Wildman–Crippen MR) is 114 cm³/mol. The van der Waals surface area contributed by atoms with Crippen LogP contribution in [0.4, 0.5) is 5.82 Å². The van der Waals surface area contributed by atoms with E-state index in [4.69, 9.17) is 9.47 Å². The fraction of sp³-hybridized carbons (Fsp3) is 0.350. The topological polar surface area (TPSA) is 103 Å². The number of methoxy groups -OCH3 is 2. The van der Waals surface area contributed by atoms with E-state index in [9.17, 15) is 8.42 Å². The van der Waals surface area contributed by atoms with Gasteiger partial charge in [-0.15, -0.1) is 0 Å². The van der Waals surface area contributed by atoms with E-state index < -0.39 is 10.0 Å². The highest BCUT2D eigenvalue weighted by atomic mass is 32.2. The maximum atomic E-state index is 13.2. The van der Waals surface area contributed by atoms with Gasteiger partial charge in [0.1, 0.15) is 40.2 Å². The first-order valence-corrected chi connectivity index (χ1v) is 11.2. The molecule has 31 heavy (non-hydrogen) atoms. The number of aromatic nitrogens is 4. The molecule has 0 saturated carbocycles. The van der Waals surface area contributed by atoms with E-state index in [1.54, 1.807) is 18.3 Å². The highest BCUT2D eigenvalue weighted by molar-refractivity contribution is 7.89. The van der Waals surface area contributed by atoms with Crippen molar-refractivity contribution < 1.29 is 17.9 Å². The van der Waals surface area contributed by atoms with Gasteiger partial charge in [-0.25, -0.2) is 23.4 Å². The van der Waals surface area contributed by atoms with E-state index >= 15 is 0 Å². The molecule has 1 aromatic carbocycles. The normalized spacial score (nSPS) is 15.1. The molecular weight excluding hydrogens is 420 g/mol. The quantitative estimate of drug-likeness (QED) is 0.564. The minimum Gasteiger partial charge on any atom is -0.497 e. The number of piperazine rings is 1.